The Hall–Kier alpha value is -1.09. The third-order valence-corrected chi connectivity index (χ3v) is 3.26. The summed E-state index contributed by atoms with van der Waals surface area (Å²) in [4.78, 5) is 11.4. The molecule has 1 fully saturated rings. The van der Waals surface area contributed by atoms with Crippen LogP contribution in [0.1, 0.15) is 45.4 Å². The quantitative estimate of drug-likeness (QED) is 0.329. The molecule has 0 bridgehead atoms. The number of carbonyl (C=O) groups excluding carboxylic acids is 1. The van der Waals surface area contributed by atoms with E-state index < -0.39 is 0 Å². The normalized spacial score (nSPS) is 18.3. The molecule has 1 amide bonds. The zero-order chi connectivity index (χ0) is 13.1. The second kappa shape index (κ2) is 9.89. The summed E-state index contributed by atoms with van der Waals surface area (Å²) in [6, 6.07) is 0.656. The molecule has 18 heavy (non-hydrogen) atoms. The number of allylic oxidation sites excluding steroid dienone is 3. The van der Waals surface area contributed by atoms with E-state index >= 15 is 0 Å². The zero-order valence-electron chi connectivity index (χ0n) is 11.5. The first-order valence-electron chi connectivity index (χ1n) is 7.13. The van der Waals surface area contributed by atoms with Gasteiger partial charge in [-0.15, -0.1) is 0 Å². The van der Waals surface area contributed by atoms with E-state index in [-0.39, 0.29) is 5.91 Å². The predicted molar refractivity (Wildman–Crippen MR) is 76.5 cm³/mol. The van der Waals surface area contributed by atoms with E-state index in [9.17, 15) is 4.79 Å². The van der Waals surface area contributed by atoms with E-state index in [2.05, 4.69) is 10.6 Å². The summed E-state index contributed by atoms with van der Waals surface area (Å²) >= 11 is 0. The van der Waals surface area contributed by atoms with Crippen LogP contribution in [0.15, 0.2) is 24.3 Å². The molecule has 2 N–H and O–H groups in total. The number of rotatable bonds is 6. The van der Waals surface area contributed by atoms with Gasteiger partial charge in [0.25, 0.3) is 0 Å². The van der Waals surface area contributed by atoms with Crippen LogP contribution in [-0.4, -0.2) is 25.0 Å². The van der Waals surface area contributed by atoms with Gasteiger partial charge in [-0.25, -0.2) is 0 Å². The van der Waals surface area contributed by atoms with Gasteiger partial charge in [-0.2, -0.15) is 0 Å². The second-order valence-corrected chi connectivity index (χ2v) is 4.82. The van der Waals surface area contributed by atoms with Gasteiger partial charge in [-0.1, -0.05) is 43.9 Å². The lowest BCUT2D eigenvalue weighted by Crippen LogP contribution is -2.36. The largest absolute Gasteiger partial charge is 0.351 e. The number of hydrogen-bond acceptors (Lipinski definition) is 2. The lowest BCUT2D eigenvalue weighted by atomic mass is 10.1. The van der Waals surface area contributed by atoms with Gasteiger partial charge in [0, 0.05) is 25.2 Å². The Labute approximate surface area is 111 Å². The summed E-state index contributed by atoms with van der Waals surface area (Å²) in [6.45, 7) is 3.50. The average molecular weight is 250 g/mol. The van der Waals surface area contributed by atoms with E-state index in [1.165, 1.54) is 38.5 Å². The first-order valence-corrected chi connectivity index (χ1v) is 7.13. The van der Waals surface area contributed by atoms with Crippen LogP contribution in [0.5, 0.6) is 0 Å². The van der Waals surface area contributed by atoms with Crippen LogP contribution in [0.2, 0.25) is 0 Å². The molecule has 1 saturated carbocycles. The average Bonchev–Trinajstić information content (AvgIpc) is 2.63. The fraction of sp³-hybridized carbons (Fsp3) is 0.667. The van der Waals surface area contributed by atoms with Gasteiger partial charge in [0.1, 0.15) is 0 Å². The van der Waals surface area contributed by atoms with Gasteiger partial charge >= 0.3 is 0 Å². The fourth-order valence-corrected chi connectivity index (χ4v) is 2.26. The zero-order valence-corrected chi connectivity index (χ0v) is 11.5. The molecular weight excluding hydrogens is 224 g/mol. The lowest BCUT2D eigenvalue weighted by molar-refractivity contribution is -0.116. The van der Waals surface area contributed by atoms with Crippen LogP contribution in [0.4, 0.5) is 0 Å². The predicted octanol–water partition coefficient (Wildman–Crippen LogP) is 2.55. The van der Waals surface area contributed by atoms with Gasteiger partial charge in [0.15, 0.2) is 0 Å². The molecule has 0 spiro atoms. The van der Waals surface area contributed by atoms with Gasteiger partial charge in [-0.3, -0.25) is 4.79 Å². The van der Waals surface area contributed by atoms with Gasteiger partial charge < -0.3 is 10.6 Å². The number of nitrogens with one attached hydrogen (secondary N) is 2. The molecule has 0 aromatic carbocycles. The van der Waals surface area contributed by atoms with Crippen molar-refractivity contribution >= 4 is 5.91 Å². The third kappa shape index (κ3) is 7.28. The molecule has 3 heteroatoms. The minimum atomic E-state index is -0.0178. The maximum absolute atomic E-state index is 11.4. The number of hydrogen-bond donors (Lipinski definition) is 2. The summed E-state index contributed by atoms with van der Waals surface area (Å²) in [5.74, 6) is -0.0178. The minimum Gasteiger partial charge on any atom is -0.351 e. The molecule has 0 aromatic heterocycles. The minimum absolute atomic E-state index is 0.0178. The second-order valence-electron chi connectivity index (χ2n) is 4.82. The first kappa shape index (κ1) is 15.0. The van der Waals surface area contributed by atoms with Gasteiger partial charge in [0.05, 0.1) is 0 Å². The summed E-state index contributed by atoms with van der Waals surface area (Å²) in [5, 5.41) is 6.41. The summed E-state index contributed by atoms with van der Waals surface area (Å²) in [7, 11) is 0. The molecule has 0 aliphatic heterocycles. The van der Waals surface area contributed by atoms with E-state index in [1.807, 2.05) is 19.1 Å². The highest BCUT2D eigenvalue weighted by atomic mass is 16.1. The van der Waals surface area contributed by atoms with Crippen LogP contribution in [-0.2, 0) is 4.79 Å². The molecule has 0 saturated heterocycles. The molecular formula is C15H26N2O. The Bertz CT molecular complexity index is 276. The lowest BCUT2D eigenvalue weighted by Gasteiger charge is -2.15. The Morgan fingerprint density at radius 1 is 1.11 bits per heavy atom. The smallest absolute Gasteiger partial charge is 0.244 e. The van der Waals surface area contributed by atoms with Crippen LogP contribution in [0, 0.1) is 0 Å². The molecule has 3 nitrogen and oxygen atoms in total. The molecule has 0 aromatic rings. The van der Waals surface area contributed by atoms with Crippen molar-refractivity contribution in [3.8, 4) is 0 Å². The summed E-state index contributed by atoms with van der Waals surface area (Å²) < 4.78 is 0. The summed E-state index contributed by atoms with van der Waals surface area (Å²) in [5.41, 5.74) is 0. The fourth-order valence-electron chi connectivity index (χ4n) is 2.26. The standard InChI is InChI=1S/C15H26N2O/c1-2-3-6-11-15(18)17-13-12-16-14-9-7-4-5-8-10-14/h2-3,6,11,14,16H,4-5,7-10,12-13H2,1H3,(H,17,18)/b3-2+,11-6?. The van der Waals surface area contributed by atoms with E-state index in [4.69, 9.17) is 0 Å². The Morgan fingerprint density at radius 3 is 2.50 bits per heavy atom. The van der Waals surface area contributed by atoms with Gasteiger partial charge in [-0.05, 0) is 19.8 Å². The highest BCUT2D eigenvalue weighted by Crippen LogP contribution is 2.16. The van der Waals surface area contributed by atoms with Crippen LogP contribution in [0.25, 0.3) is 0 Å². The van der Waals surface area contributed by atoms with Crippen molar-refractivity contribution in [1.29, 1.82) is 0 Å². The van der Waals surface area contributed by atoms with E-state index in [1.54, 1.807) is 12.2 Å². The monoisotopic (exact) mass is 250 g/mol. The highest BCUT2D eigenvalue weighted by molar-refractivity contribution is 5.87. The third-order valence-electron chi connectivity index (χ3n) is 3.26. The molecule has 102 valence electrons. The van der Waals surface area contributed by atoms with Crippen molar-refractivity contribution in [3.05, 3.63) is 24.3 Å². The first-order chi connectivity index (χ1) is 8.83. The Morgan fingerprint density at radius 2 is 1.83 bits per heavy atom. The molecule has 0 atom stereocenters. The molecule has 1 rings (SSSR count). The van der Waals surface area contributed by atoms with Crippen LogP contribution in [0.3, 0.4) is 0 Å². The summed E-state index contributed by atoms with van der Waals surface area (Å²) in [6.07, 6.45) is 15.1. The van der Waals surface area contributed by atoms with Crippen molar-refractivity contribution in [1.82, 2.24) is 10.6 Å². The van der Waals surface area contributed by atoms with Crippen molar-refractivity contribution in [2.45, 2.75) is 51.5 Å². The van der Waals surface area contributed by atoms with Crippen LogP contribution >= 0.6 is 0 Å². The van der Waals surface area contributed by atoms with Gasteiger partial charge in [0.2, 0.25) is 5.91 Å². The number of carbonyl (C=O) groups is 1. The Balaban J connectivity index is 2.05. The molecule has 1 aliphatic carbocycles. The molecule has 0 unspecified atom stereocenters. The van der Waals surface area contributed by atoms with Crippen molar-refractivity contribution in [3.63, 3.8) is 0 Å². The topological polar surface area (TPSA) is 41.1 Å². The number of amides is 1. The van der Waals surface area contributed by atoms with E-state index in [0.717, 1.165) is 6.54 Å². The van der Waals surface area contributed by atoms with E-state index in [0.29, 0.717) is 12.6 Å². The van der Waals surface area contributed by atoms with Crippen LogP contribution < -0.4 is 10.6 Å². The molecule has 0 heterocycles. The highest BCUT2D eigenvalue weighted by Gasteiger charge is 2.10. The van der Waals surface area contributed by atoms with Crippen molar-refractivity contribution in [2.75, 3.05) is 13.1 Å². The van der Waals surface area contributed by atoms with Crippen molar-refractivity contribution in [2.24, 2.45) is 0 Å². The Kier molecular flexibility index (Phi) is 8.23. The molecule has 0 radical (unpaired) electrons. The maximum Gasteiger partial charge on any atom is 0.244 e. The maximum atomic E-state index is 11.4. The van der Waals surface area contributed by atoms with Crippen molar-refractivity contribution < 1.29 is 4.79 Å². The SMILES string of the molecule is C/C=C/C=CC(=O)NCCNC1CCCCCC1. The molecule has 1 aliphatic rings.